The molecule has 4 nitrogen and oxygen atoms in total. The van der Waals surface area contributed by atoms with Gasteiger partial charge in [-0.2, -0.15) is 0 Å². The molecule has 6 heteroatoms. The van der Waals surface area contributed by atoms with Crippen molar-refractivity contribution in [3.05, 3.63) is 34.6 Å². The van der Waals surface area contributed by atoms with E-state index in [-0.39, 0.29) is 29.3 Å². The molecular weight excluding hydrogens is 355 g/mol. The molecule has 1 aliphatic carbocycles. The number of hydrogen-bond acceptors (Lipinski definition) is 3. The van der Waals surface area contributed by atoms with Crippen LogP contribution in [0.5, 0.6) is 0 Å². The van der Waals surface area contributed by atoms with Crippen LogP contribution >= 0.6 is 11.6 Å². The largest absolute Gasteiger partial charge is 0.370 e. The number of carbonyl (C=O) groups is 1. The smallest absolute Gasteiger partial charge is 0.223 e. The Labute approximate surface area is 158 Å². The predicted octanol–water partition coefficient (Wildman–Crippen LogP) is 2.98. The lowest BCUT2D eigenvalue weighted by molar-refractivity contribution is -0.122. The van der Waals surface area contributed by atoms with Crippen LogP contribution < -0.4 is 5.32 Å². The van der Waals surface area contributed by atoms with Gasteiger partial charge in [0.25, 0.3) is 0 Å². The van der Waals surface area contributed by atoms with Crippen LogP contribution in [0, 0.1) is 23.6 Å². The Bertz CT molecular complexity index is 720. The van der Waals surface area contributed by atoms with Gasteiger partial charge in [0.05, 0.1) is 11.7 Å². The molecule has 2 bridgehead atoms. The summed E-state index contributed by atoms with van der Waals surface area (Å²) < 4.78 is 20.0. The number of amides is 1. The van der Waals surface area contributed by atoms with Crippen molar-refractivity contribution in [3.63, 3.8) is 0 Å². The molecule has 0 unspecified atom stereocenters. The van der Waals surface area contributed by atoms with Crippen molar-refractivity contribution in [3.8, 4) is 0 Å². The highest BCUT2D eigenvalue weighted by molar-refractivity contribution is 6.30. The zero-order valence-corrected chi connectivity index (χ0v) is 15.5. The van der Waals surface area contributed by atoms with Crippen LogP contribution in [0.2, 0.25) is 5.02 Å². The number of halogens is 2. The topological polar surface area (TPSA) is 41.6 Å². The molecule has 4 aliphatic rings. The van der Waals surface area contributed by atoms with Gasteiger partial charge in [-0.05, 0) is 49.4 Å². The van der Waals surface area contributed by atoms with Crippen molar-refractivity contribution in [2.24, 2.45) is 17.8 Å². The van der Waals surface area contributed by atoms with Crippen LogP contribution in [0.25, 0.3) is 0 Å². The number of hydrogen-bond donors (Lipinski definition) is 1. The predicted molar refractivity (Wildman–Crippen MR) is 96.2 cm³/mol. The summed E-state index contributed by atoms with van der Waals surface area (Å²) in [6, 6.07) is 4.73. The Kier molecular flexibility index (Phi) is 4.03. The van der Waals surface area contributed by atoms with Gasteiger partial charge in [-0.15, -0.1) is 0 Å². The van der Waals surface area contributed by atoms with E-state index in [4.69, 9.17) is 16.3 Å². The summed E-state index contributed by atoms with van der Waals surface area (Å²) in [5.74, 6) is 1.02. The van der Waals surface area contributed by atoms with E-state index in [0.717, 1.165) is 50.9 Å². The molecule has 3 heterocycles. The maximum absolute atomic E-state index is 13.6. The Hall–Kier alpha value is -1.17. The van der Waals surface area contributed by atoms with Crippen LogP contribution in [0.4, 0.5) is 4.39 Å². The fourth-order valence-corrected chi connectivity index (χ4v) is 5.59. The second-order valence-electron chi connectivity index (χ2n) is 8.50. The number of carbonyl (C=O) groups excluding carboxylic acids is 1. The van der Waals surface area contributed by atoms with E-state index in [2.05, 4.69) is 10.2 Å². The normalized spacial score (nSPS) is 35.7. The highest BCUT2D eigenvalue weighted by Crippen LogP contribution is 2.54. The highest BCUT2D eigenvalue weighted by Gasteiger charge is 2.62. The van der Waals surface area contributed by atoms with E-state index in [1.807, 2.05) is 6.07 Å². The summed E-state index contributed by atoms with van der Waals surface area (Å²) in [6.45, 7) is 3.24. The zero-order valence-electron chi connectivity index (χ0n) is 14.7. The summed E-state index contributed by atoms with van der Waals surface area (Å²) in [5, 5.41) is 3.60. The van der Waals surface area contributed by atoms with Gasteiger partial charge < -0.3 is 10.1 Å². The number of rotatable bonds is 5. The third kappa shape index (κ3) is 2.94. The molecular formula is C20H24ClFN2O2. The number of nitrogens with one attached hydrogen (secondary N) is 1. The number of likely N-dealkylation sites (tertiary alicyclic amines) is 1. The summed E-state index contributed by atoms with van der Waals surface area (Å²) in [7, 11) is 0. The first-order chi connectivity index (χ1) is 12.5. The minimum Gasteiger partial charge on any atom is -0.370 e. The fourth-order valence-electron chi connectivity index (χ4n) is 5.35. The Morgan fingerprint density at radius 1 is 1.35 bits per heavy atom. The lowest BCUT2D eigenvalue weighted by Crippen LogP contribution is -2.42. The minimum atomic E-state index is -0.289. The lowest BCUT2D eigenvalue weighted by Gasteiger charge is -2.29. The van der Waals surface area contributed by atoms with Gasteiger partial charge in [-0.3, -0.25) is 9.69 Å². The van der Waals surface area contributed by atoms with Gasteiger partial charge in [-0.25, -0.2) is 4.39 Å². The molecule has 4 fully saturated rings. The Morgan fingerprint density at radius 2 is 2.19 bits per heavy atom. The number of ether oxygens (including phenoxy) is 1. The summed E-state index contributed by atoms with van der Waals surface area (Å²) in [6.07, 6.45) is 4.53. The van der Waals surface area contributed by atoms with E-state index in [1.54, 1.807) is 6.07 Å². The maximum atomic E-state index is 13.6. The molecule has 0 aromatic heterocycles. The standard InChI is InChI=1S/C20H24ClFN2O2/c21-14-5-12(6-15(22)7-14)9-24-10-17-16(8-23-19(25)13-1-2-13)18-3-4-20(17,11-24)26-18/h5-7,13,16-18H,1-4,8-11H2,(H,23,25)/t16-,17+,18+,20+/m0/s1. The van der Waals surface area contributed by atoms with Gasteiger partial charge in [0.15, 0.2) is 0 Å². The molecule has 3 saturated heterocycles. The molecule has 26 heavy (non-hydrogen) atoms. The molecule has 3 aliphatic heterocycles. The highest BCUT2D eigenvalue weighted by atomic mass is 35.5. The van der Waals surface area contributed by atoms with E-state index in [9.17, 15) is 9.18 Å². The first-order valence-electron chi connectivity index (χ1n) is 9.65. The van der Waals surface area contributed by atoms with E-state index in [1.165, 1.54) is 6.07 Å². The van der Waals surface area contributed by atoms with Gasteiger partial charge in [0, 0.05) is 49.0 Å². The average Bonchev–Trinajstić information content (AvgIpc) is 3.18. The quantitative estimate of drug-likeness (QED) is 0.856. The molecule has 5 rings (SSSR count). The molecule has 1 spiro atoms. The Balaban J connectivity index is 1.26. The van der Waals surface area contributed by atoms with Crippen LogP contribution in [-0.4, -0.2) is 42.1 Å². The third-order valence-corrected chi connectivity index (χ3v) is 6.86. The molecule has 1 N–H and O–H groups in total. The second-order valence-corrected chi connectivity index (χ2v) is 8.93. The van der Waals surface area contributed by atoms with Gasteiger partial charge >= 0.3 is 0 Å². The van der Waals surface area contributed by atoms with E-state index < -0.39 is 0 Å². The van der Waals surface area contributed by atoms with Crippen LogP contribution in [-0.2, 0) is 16.1 Å². The summed E-state index contributed by atoms with van der Waals surface area (Å²) in [4.78, 5) is 14.4. The molecule has 140 valence electrons. The first kappa shape index (κ1) is 17.0. The van der Waals surface area contributed by atoms with Gasteiger partial charge in [0.1, 0.15) is 5.82 Å². The molecule has 0 radical (unpaired) electrons. The molecule has 1 amide bonds. The van der Waals surface area contributed by atoms with Crippen LogP contribution in [0.15, 0.2) is 18.2 Å². The van der Waals surface area contributed by atoms with Crippen molar-refractivity contribution in [1.82, 2.24) is 10.2 Å². The minimum absolute atomic E-state index is 0.0727. The number of benzene rings is 1. The SMILES string of the molecule is O=C(NC[C@H]1[C@H]2CN(Cc3cc(F)cc(Cl)c3)C[C@]23CC[C@H]1O3)C1CC1. The van der Waals surface area contributed by atoms with Crippen LogP contribution in [0.1, 0.15) is 31.2 Å². The van der Waals surface area contributed by atoms with E-state index in [0.29, 0.717) is 23.4 Å². The molecule has 4 atom stereocenters. The van der Waals surface area contributed by atoms with E-state index >= 15 is 0 Å². The van der Waals surface area contributed by atoms with Gasteiger partial charge in [-0.1, -0.05) is 11.6 Å². The maximum Gasteiger partial charge on any atom is 0.223 e. The monoisotopic (exact) mass is 378 g/mol. The summed E-state index contributed by atoms with van der Waals surface area (Å²) >= 11 is 5.99. The molecule has 1 saturated carbocycles. The molecule has 1 aromatic rings. The van der Waals surface area contributed by atoms with Gasteiger partial charge in [0.2, 0.25) is 5.91 Å². The zero-order chi connectivity index (χ0) is 17.9. The van der Waals surface area contributed by atoms with Crippen molar-refractivity contribution < 1.29 is 13.9 Å². The number of fused-ring (bicyclic) bond motifs is 1. The fraction of sp³-hybridized carbons (Fsp3) is 0.650. The van der Waals surface area contributed by atoms with Crippen molar-refractivity contribution in [2.75, 3.05) is 19.6 Å². The van der Waals surface area contributed by atoms with Crippen molar-refractivity contribution in [2.45, 2.75) is 43.9 Å². The number of nitrogens with zero attached hydrogens (tertiary/aromatic N) is 1. The molecule has 1 aromatic carbocycles. The van der Waals surface area contributed by atoms with Crippen molar-refractivity contribution >= 4 is 17.5 Å². The Morgan fingerprint density at radius 3 is 2.96 bits per heavy atom. The lowest BCUT2D eigenvalue weighted by atomic mass is 9.73. The third-order valence-electron chi connectivity index (χ3n) is 6.64. The van der Waals surface area contributed by atoms with Crippen molar-refractivity contribution in [1.29, 1.82) is 0 Å². The summed E-state index contributed by atoms with van der Waals surface area (Å²) in [5.41, 5.74) is 0.830. The second kappa shape index (κ2) is 6.18. The van der Waals surface area contributed by atoms with Crippen LogP contribution in [0.3, 0.4) is 0 Å². The average molecular weight is 379 g/mol. The first-order valence-corrected chi connectivity index (χ1v) is 10.0.